The largest absolute Gasteiger partial charge is 0.450 e. The second kappa shape index (κ2) is 10.3. The van der Waals surface area contributed by atoms with E-state index < -0.39 is 0 Å². The topological polar surface area (TPSA) is 70.7 Å². The molecule has 0 aliphatic carbocycles. The lowest BCUT2D eigenvalue weighted by molar-refractivity contribution is 0.0957. The lowest BCUT2D eigenvalue weighted by Crippen LogP contribution is -2.50. The molecule has 1 aliphatic heterocycles. The number of rotatable bonds is 7. The molecule has 6 heteroatoms. The van der Waals surface area contributed by atoms with Crippen LogP contribution in [0.3, 0.4) is 0 Å². The van der Waals surface area contributed by atoms with E-state index in [1.807, 2.05) is 6.92 Å². The lowest BCUT2D eigenvalue weighted by Gasteiger charge is -2.31. The van der Waals surface area contributed by atoms with E-state index in [0.717, 1.165) is 25.7 Å². The van der Waals surface area contributed by atoms with Crippen LogP contribution in [0.4, 0.5) is 9.59 Å². The number of hydrogen-bond acceptors (Lipinski definition) is 3. The van der Waals surface area contributed by atoms with Gasteiger partial charge in [-0.3, -0.25) is 0 Å². The van der Waals surface area contributed by atoms with Crippen molar-refractivity contribution in [3.05, 3.63) is 0 Å². The fourth-order valence-corrected chi connectivity index (χ4v) is 2.78. The third kappa shape index (κ3) is 8.09. The molecule has 2 N–H and O–H groups in total. The number of nitrogens with one attached hydrogen (secondary N) is 2. The summed E-state index contributed by atoms with van der Waals surface area (Å²) in [7, 11) is 0. The fraction of sp³-hybridized carbons (Fsp3) is 0.882. The van der Waals surface area contributed by atoms with Crippen molar-refractivity contribution in [2.75, 3.05) is 19.7 Å². The minimum absolute atomic E-state index is 0.100. The van der Waals surface area contributed by atoms with Crippen LogP contribution in [0.15, 0.2) is 0 Å². The molecule has 0 radical (unpaired) electrons. The first-order valence-electron chi connectivity index (χ1n) is 8.91. The zero-order valence-electron chi connectivity index (χ0n) is 15.1. The van der Waals surface area contributed by atoms with Crippen molar-refractivity contribution in [3.63, 3.8) is 0 Å². The van der Waals surface area contributed by atoms with Crippen molar-refractivity contribution >= 4 is 12.1 Å². The maximum Gasteiger partial charge on any atom is 0.409 e. The van der Waals surface area contributed by atoms with E-state index in [1.54, 1.807) is 11.8 Å². The maximum absolute atomic E-state index is 12.0. The van der Waals surface area contributed by atoms with Gasteiger partial charge in [0.1, 0.15) is 0 Å². The van der Waals surface area contributed by atoms with Crippen LogP contribution in [-0.4, -0.2) is 48.8 Å². The standard InChI is InChI=1S/C17H33N3O3/c1-5-23-17(22)20-11-9-15(10-12-20)19-16(21)18-14(4)8-6-7-13(2)3/h13-15H,5-12H2,1-4H3,(H2,18,19,21). The molecule has 0 bridgehead atoms. The third-order valence-electron chi connectivity index (χ3n) is 4.15. The minimum atomic E-state index is -0.255. The maximum atomic E-state index is 12.0. The molecule has 1 saturated heterocycles. The van der Waals surface area contributed by atoms with Crippen molar-refractivity contribution < 1.29 is 14.3 Å². The van der Waals surface area contributed by atoms with Crippen LogP contribution in [0.1, 0.15) is 59.8 Å². The molecule has 1 heterocycles. The van der Waals surface area contributed by atoms with E-state index in [-0.39, 0.29) is 24.2 Å². The number of piperidine rings is 1. The highest BCUT2D eigenvalue weighted by molar-refractivity contribution is 5.74. The number of ether oxygens (including phenoxy) is 1. The van der Waals surface area contributed by atoms with Crippen LogP contribution < -0.4 is 10.6 Å². The normalized spacial score (nSPS) is 17.0. The Morgan fingerprint density at radius 3 is 2.39 bits per heavy atom. The van der Waals surface area contributed by atoms with Gasteiger partial charge in [0.2, 0.25) is 0 Å². The fourth-order valence-electron chi connectivity index (χ4n) is 2.78. The second-order valence-electron chi connectivity index (χ2n) is 6.80. The van der Waals surface area contributed by atoms with E-state index in [2.05, 4.69) is 24.5 Å². The molecule has 3 amide bonds. The SMILES string of the molecule is CCOC(=O)N1CCC(NC(=O)NC(C)CCCC(C)C)CC1. The number of urea groups is 1. The van der Waals surface area contributed by atoms with Gasteiger partial charge in [0.15, 0.2) is 0 Å². The quantitative estimate of drug-likeness (QED) is 0.755. The summed E-state index contributed by atoms with van der Waals surface area (Å²) >= 11 is 0. The highest BCUT2D eigenvalue weighted by atomic mass is 16.6. The summed E-state index contributed by atoms with van der Waals surface area (Å²) in [5, 5.41) is 6.01. The molecule has 0 aromatic carbocycles. The van der Waals surface area contributed by atoms with Crippen LogP contribution in [0.25, 0.3) is 0 Å². The molecule has 1 atom stereocenters. The van der Waals surface area contributed by atoms with Gasteiger partial charge < -0.3 is 20.3 Å². The molecule has 0 aromatic heterocycles. The lowest BCUT2D eigenvalue weighted by atomic mass is 10.0. The van der Waals surface area contributed by atoms with Gasteiger partial charge in [-0.05, 0) is 39.0 Å². The molecular formula is C17H33N3O3. The van der Waals surface area contributed by atoms with Crippen LogP contribution in [0.5, 0.6) is 0 Å². The van der Waals surface area contributed by atoms with E-state index in [9.17, 15) is 9.59 Å². The zero-order valence-corrected chi connectivity index (χ0v) is 15.1. The Hall–Kier alpha value is -1.46. The van der Waals surface area contributed by atoms with Crippen molar-refractivity contribution in [1.29, 1.82) is 0 Å². The number of nitrogens with zero attached hydrogens (tertiary/aromatic N) is 1. The Balaban J connectivity index is 2.19. The Morgan fingerprint density at radius 1 is 1.17 bits per heavy atom. The highest BCUT2D eigenvalue weighted by Gasteiger charge is 2.24. The molecule has 1 fully saturated rings. The van der Waals surface area contributed by atoms with Crippen LogP contribution in [-0.2, 0) is 4.74 Å². The molecule has 23 heavy (non-hydrogen) atoms. The summed E-state index contributed by atoms with van der Waals surface area (Å²) in [5.74, 6) is 0.709. The number of carbonyl (C=O) groups excluding carboxylic acids is 2. The Labute approximate surface area is 140 Å². The number of amides is 3. The molecule has 1 unspecified atom stereocenters. The number of carbonyl (C=O) groups is 2. The average Bonchev–Trinajstić information content (AvgIpc) is 2.47. The summed E-state index contributed by atoms with van der Waals surface area (Å²) in [6.07, 6.45) is 4.63. The molecule has 1 rings (SSSR count). The van der Waals surface area contributed by atoms with E-state index >= 15 is 0 Å². The van der Waals surface area contributed by atoms with Gasteiger partial charge in [-0.25, -0.2) is 9.59 Å². The number of hydrogen-bond donors (Lipinski definition) is 2. The van der Waals surface area contributed by atoms with E-state index in [0.29, 0.717) is 25.6 Å². The van der Waals surface area contributed by atoms with E-state index in [1.165, 1.54) is 6.42 Å². The molecule has 0 spiro atoms. The van der Waals surface area contributed by atoms with Gasteiger partial charge >= 0.3 is 12.1 Å². The Kier molecular flexibility index (Phi) is 8.81. The Bertz CT molecular complexity index is 366. The summed E-state index contributed by atoms with van der Waals surface area (Å²) in [5.41, 5.74) is 0. The molecule has 6 nitrogen and oxygen atoms in total. The second-order valence-corrected chi connectivity index (χ2v) is 6.80. The van der Waals surface area contributed by atoms with Gasteiger partial charge in [0, 0.05) is 25.2 Å². The average molecular weight is 327 g/mol. The van der Waals surface area contributed by atoms with Crippen LogP contribution >= 0.6 is 0 Å². The van der Waals surface area contributed by atoms with Gasteiger partial charge in [-0.15, -0.1) is 0 Å². The van der Waals surface area contributed by atoms with Crippen molar-refractivity contribution in [3.8, 4) is 0 Å². The predicted octanol–water partition coefficient (Wildman–Crippen LogP) is 3.12. The van der Waals surface area contributed by atoms with Crippen molar-refractivity contribution in [2.45, 2.75) is 71.9 Å². The number of likely N-dealkylation sites (tertiary alicyclic amines) is 1. The molecule has 134 valence electrons. The first-order chi connectivity index (χ1) is 10.9. The molecular weight excluding hydrogens is 294 g/mol. The van der Waals surface area contributed by atoms with Crippen LogP contribution in [0, 0.1) is 5.92 Å². The highest BCUT2D eigenvalue weighted by Crippen LogP contribution is 2.12. The first kappa shape index (κ1) is 19.6. The van der Waals surface area contributed by atoms with Crippen molar-refractivity contribution in [2.24, 2.45) is 5.92 Å². The van der Waals surface area contributed by atoms with Gasteiger partial charge in [-0.1, -0.05) is 26.7 Å². The zero-order chi connectivity index (χ0) is 17.2. The molecule has 0 aromatic rings. The summed E-state index contributed by atoms with van der Waals surface area (Å²) < 4.78 is 4.99. The Morgan fingerprint density at radius 2 is 1.83 bits per heavy atom. The summed E-state index contributed by atoms with van der Waals surface area (Å²) in [4.78, 5) is 25.3. The van der Waals surface area contributed by atoms with E-state index in [4.69, 9.17) is 4.74 Å². The summed E-state index contributed by atoms with van der Waals surface area (Å²) in [6.45, 7) is 9.94. The molecule has 1 aliphatic rings. The third-order valence-corrected chi connectivity index (χ3v) is 4.15. The predicted molar refractivity (Wildman–Crippen MR) is 91.4 cm³/mol. The first-order valence-corrected chi connectivity index (χ1v) is 8.91. The monoisotopic (exact) mass is 327 g/mol. The smallest absolute Gasteiger partial charge is 0.409 e. The van der Waals surface area contributed by atoms with Crippen molar-refractivity contribution in [1.82, 2.24) is 15.5 Å². The van der Waals surface area contributed by atoms with Gasteiger partial charge in [0.25, 0.3) is 0 Å². The summed E-state index contributed by atoms with van der Waals surface area (Å²) in [6, 6.07) is 0.216. The minimum Gasteiger partial charge on any atom is -0.450 e. The van der Waals surface area contributed by atoms with Gasteiger partial charge in [0.05, 0.1) is 6.61 Å². The van der Waals surface area contributed by atoms with Crippen LogP contribution in [0.2, 0.25) is 0 Å². The molecule has 0 saturated carbocycles. The van der Waals surface area contributed by atoms with Gasteiger partial charge in [-0.2, -0.15) is 0 Å².